The number of nitro groups is 1. The summed E-state index contributed by atoms with van der Waals surface area (Å²) in [4.78, 5) is 36.3. The number of carbonyl (C=O) groups excluding carboxylic acids is 2. The van der Waals surface area contributed by atoms with Crippen LogP contribution in [0.15, 0.2) is 53.4 Å². The zero-order valence-corrected chi connectivity index (χ0v) is 15.1. The average Bonchev–Trinajstić information content (AvgIpc) is 2.94. The van der Waals surface area contributed by atoms with E-state index in [0.717, 1.165) is 22.2 Å². The predicted octanol–water partition coefficient (Wildman–Crippen LogP) is 3.71. The highest BCUT2D eigenvalue weighted by Crippen LogP contribution is 2.32. The highest BCUT2D eigenvalue weighted by Gasteiger charge is 2.34. The summed E-state index contributed by atoms with van der Waals surface area (Å²) in [7, 11) is 1.56. The maximum atomic E-state index is 12.5. The van der Waals surface area contributed by atoms with E-state index < -0.39 is 16.1 Å². The number of rotatable bonds is 6. The third-order valence-corrected chi connectivity index (χ3v) is 4.69. The van der Waals surface area contributed by atoms with Crippen LogP contribution >= 0.6 is 11.8 Å². The van der Waals surface area contributed by atoms with Crippen molar-refractivity contribution in [1.82, 2.24) is 4.90 Å². The molecular weight excluding hydrogens is 370 g/mol. The minimum absolute atomic E-state index is 0.0754. The molecule has 1 fully saturated rings. The molecule has 0 aromatic heterocycles. The van der Waals surface area contributed by atoms with E-state index in [-0.39, 0.29) is 12.4 Å². The summed E-state index contributed by atoms with van der Waals surface area (Å²) in [6.07, 6.45) is 1.64. The van der Waals surface area contributed by atoms with Crippen LogP contribution in [-0.2, 0) is 4.79 Å². The lowest BCUT2D eigenvalue weighted by Crippen LogP contribution is -2.33. The van der Waals surface area contributed by atoms with Crippen molar-refractivity contribution >= 4 is 40.4 Å². The number of ether oxygens (including phenoxy) is 1. The lowest BCUT2D eigenvalue weighted by atomic mass is 10.2. The number of benzene rings is 2. The molecule has 138 valence electrons. The number of thioether (sulfide) groups is 1. The Morgan fingerprint density at radius 3 is 2.63 bits per heavy atom. The van der Waals surface area contributed by atoms with Crippen LogP contribution in [0.3, 0.4) is 0 Å². The fourth-order valence-corrected chi connectivity index (χ4v) is 3.23. The van der Waals surface area contributed by atoms with Crippen molar-refractivity contribution in [1.29, 1.82) is 0 Å². The number of nitrogens with one attached hydrogen (secondary N) is 1. The minimum atomic E-state index is -0.511. The van der Waals surface area contributed by atoms with Gasteiger partial charge in [0, 0.05) is 17.8 Å². The van der Waals surface area contributed by atoms with Crippen LogP contribution in [0.2, 0.25) is 0 Å². The van der Waals surface area contributed by atoms with E-state index >= 15 is 0 Å². The SMILES string of the molecule is COc1ccc(/C=C2/SC(=O)N(CNc3cccc([N+](=O)[O-])c3)C2=O)cc1. The van der Waals surface area contributed by atoms with Crippen LogP contribution in [0.4, 0.5) is 16.2 Å². The molecule has 1 N–H and O–H groups in total. The van der Waals surface area contributed by atoms with Gasteiger partial charge in [0.15, 0.2) is 0 Å². The van der Waals surface area contributed by atoms with E-state index in [4.69, 9.17) is 4.74 Å². The molecule has 2 aromatic rings. The summed E-state index contributed by atoms with van der Waals surface area (Å²) in [6.45, 7) is -0.0776. The fourth-order valence-electron chi connectivity index (χ4n) is 2.39. The molecule has 2 amide bonds. The van der Waals surface area contributed by atoms with Gasteiger partial charge in [0.1, 0.15) is 5.75 Å². The molecule has 1 aliphatic heterocycles. The molecule has 9 heteroatoms. The number of imide groups is 1. The van der Waals surface area contributed by atoms with Crippen LogP contribution in [0.25, 0.3) is 6.08 Å². The normalized spacial score (nSPS) is 15.3. The van der Waals surface area contributed by atoms with E-state index in [2.05, 4.69) is 5.32 Å². The summed E-state index contributed by atoms with van der Waals surface area (Å²) in [5.74, 6) is 0.278. The van der Waals surface area contributed by atoms with Gasteiger partial charge in [0.2, 0.25) is 0 Å². The Morgan fingerprint density at radius 2 is 1.96 bits per heavy atom. The molecule has 0 aliphatic carbocycles. The zero-order chi connectivity index (χ0) is 19.4. The quantitative estimate of drug-likeness (QED) is 0.459. The number of anilines is 1. The first-order valence-electron chi connectivity index (χ1n) is 7.85. The fraction of sp³-hybridized carbons (Fsp3) is 0.111. The molecule has 2 aromatic carbocycles. The Balaban J connectivity index is 1.69. The first-order chi connectivity index (χ1) is 13.0. The second kappa shape index (κ2) is 7.92. The Morgan fingerprint density at radius 1 is 1.22 bits per heavy atom. The van der Waals surface area contributed by atoms with E-state index in [1.807, 2.05) is 0 Å². The number of nitrogens with zero attached hydrogens (tertiary/aromatic N) is 2. The molecule has 1 saturated heterocycles. The Hall–Kier alpha value is -3.33. The molecular formula is C18H15N3O5S. The van der Waals surface area contributed by atoms with Gasteiger partial charge >= 0.3 is 0 Å². The van der Waals surface area contributed by atoms with Gasteiger partial charge in [-0.2, -0.15) is 0 Å². The van der Waals surface area contributed by atoms with Crippen LogP contribution in [0.1, 0.15) is 5.56 Å². The van der Waals surface area contributed by atoms with Gasteiger partial charge in [-0.3, -0.25) is 24.6 Å². The molecule has 0 radical (unpaired) electrons. The van der Waals surface area contributed by atoms with Crippen molar-refractivity contribution in [3.63, 3.8) is 0 Å². The van der Waals surface area contributed by atoms with Crippen LogP contribution in [-0.4, -0.2) is 34.7 Å². The number of non-ortho nitro benzene ring substituents is 1. The van der Waals surface area contributed by atoms with Crippen LogP contribution in [0.5, 0.6) is 5.75 Å². The number of amides is 2. The smallest absolute Gasteiger partial charge is 0.295 e. The number of nitro benzene ring substituents is 1. The van der Waals surface area contributed by atoms with E-state index in [0.29, 0.717) is 16.3 Å². The molecule has 0 saturated carbocycles. The predicted molar refractivity (Wildman–Crippen MR) is 102 cm³/mol. The second-order valence-corrected chi connectivity index (χ2v) is 6.52. The van der Waals surface area contributed by atoms with Crippen molar-refractivity contribution in [3.8, 4) is 5.75 Å². The third kappa shape index (κ3) is 4.26. The van der Waals surface area contributed by atoms with Gasteiger partial charge in [-0.15, -0.1) is 0 Å². The topological polar surface area (TPSA) is 102 Å². The van der Waals surface area contributed by atoms with Crippen molar-refractivity contribution in [2.24, 2.45) is 0 Å². The summed E-state index contributed by atoms with van der Waals surface area (Å²) >= 11 is 0.849. The van der Waals surface area contributed by atoms with Gasteiger partial charge in [0.05, 0.1) is 23.6 Å². The van der Waals surface area contributed by atoms with Crippen molar-refractivity contribution < 1.29 is 19.2 Å². The number of hydrogen-bond donors (Lipinski definition) is 1. The molecule has 0 unspecified atom stereocenters. The van der Waals surface area contributed by atoms with Crippen molar-refractivity contribution in [2.45, 2.75) is 0 Å². The largest absolute Gasteiger partial charge is 0.497 e. The molecule has 1 heterocycles. The van der Waals surface area contributed by atoms with E-state index in [1.165, 1.54) is 18.2 Å². The lowest BCUT2D eigenvalue weighted by molar-refractivity contribution is -0.384. The first-order valence-corrected chi connectivity index (χ1v) is 8.67. The minimum Gasteiger partial charge on any atom is -0.497 e. The summed E-state index contributed by atoms with van der Waals surface area (Å²) in [5.41, 5.74) is 1.14. The third-order valence-electron chi connectivity index (χ3n) is 3.79. The lowest BCUT2D eigenvalue weighted by Gasteiger charge is -2.14. The van der Waals surface area contributed by atoms with Crippen LogP contribution < -0.4 is 10.1 Å². The van der Waals surface area contributed by atoms with Crippen LogP contribution in [0, 0.1) is 10.1 Å². The molecule has 8 nitrogen and oxygen atoms in total. The average molecular weight is 385 g/mol. The highest BCUT2D eigenvalue weighted by molar-refractivity contribution is 8.18. The summed E-state index contributed by atoms with van der Waals surface area (Å²) in [6, 6.07) is 13.0. The summed E-state index contributed by atoms with van der Waals surface area (Å²) in [5, 5.41) is 13.3. The van der Waals surface area contributed by atoms with Crippen molar-refractivity contribution in [2.75, 3.05) is 19.1 Å². The van der Waals surface area contributed by atoms with Gasteiger partial charge in [-0.25, -0.2) is 0 Å². The Labute approximate surface area is 159 Å². The maximum Gasteiger partial charge on any atom is 0.295 e. The van der Waals surface area contributed by atoms with Gasteiger partial charge in [-0.1, -0.05) is 18.2 Å². The summed E-state index contributed by atoms with van der Waals surface area (Å²) < 4.78 is 5.09. The molecule has 0 bridgehead atoms. The zero-order valence-electron chi connectivity index (χ0n) is 14.2. The molecule has 3 rings (SSSR count). The first kappa shape index (κ1) is 18.5. The Kier molecular flexibility index (Phi) is 5.41. The van der Waals surface area contributed by atoms with E-state index in [9.17, 15) is 19.7 Å². The van der Waals surface area contributed by atoms with Gasteiger partial charge in [-0.05, 0) is 41.6 Å². The Bertz CT molecular complexity index is 927. The maximum absolute atomic E-state index is 12.5. The highest BCUT2D eigenvalue weighted by atomic mass is 32.2. The van der Waals surface area contributed by atoms with Gasteiger partial charge in [0.25, 0.3) is 16.8 Å². The van der Waals surface area contributed by atoms with Gasteiger partial charge < -0.3 is 10.1 Å². The number of hydrogen-bond acceptors (Lipinski definition) is 7. The number of carbonyl (C=O) groups is 2. The molecule has 0 spiro atoms. The standard InChI is InChI=1S/C18H15N3O5S/c1-26-15-7-5-12(6-8-15)9-16-17(22)20(18(23)27-16)11-19-13-3-2-4-14(10-13)21(24)25/h2-10,19H,11H2,1H3/b16-9+. The monoisotopic (exact) mass is 385 g/mol. The molecule has 0 atom stereocenters. The molecule has 27 heavy (non-hydrogen) atoms. The second-order valence-electron chi connectivity index (χ2n) is 5.53. The molecule has 1 aliphatic rings. The van der Waals surface area contributed by atoms with Crippen molar-refractivity contribution in [3.05, 3.63) is 69.1 Å². The number of methoxy groups -OCH3 is 1. The van der Waals surface area contributed by atoms with E-state index in [1.54, 1.807) is 43.5 Å².